The van der Waals surface area contributed by atoms with Gasteiger partial charge in [-0.2, -0.15) is 0 Å². The molecule has 0 aromatic heterocycles. The van der Waals surface area contributed by atoms with Gasteiger partial charge in [-0.3, -0.25) is 24.6 Å². The zero-order chi connectivity index (χ0) is 24.2. The van der Waals surface area contributed by atoms with Crippen molar-refractivity contribution in [2.45, 2.75) is 71.7 Å². The summed E-state index contributed by atoms with van der Waals surface area (Å²) < 4.78 is 5.21. The molecular weight excluding hydrogens is 414 g/mol. The number of carbonyl (C=O) groups excluding carboxylic acids is 3. The molecule has 0 saturated heterocycles. The van der Waals surface area contributed by atoms with Crippen LogP contribution in [0.15, 0.2) is 24.3 Å². The lowest BCUT2D eigenvalue weighted by Gasteiger charge is -2.30. The second-order valence-electron chi connectivity index (χ2n) is 9.31. The number of ether oxygens (including phenoxy) is 1. The van der Waals surface area contributed by atoms with Crippen LogP contribution in [0, 0.1) is 5.92 Å². The quantitative estimate of drug-likeness (QED) is 0.516. The highest BCUT2D eigenvalue weighted by Crippen LogP contribution is 2.33. The number of benzene rings is 1. The van der Waals surface area contributed by atoms with Crippen LogP contribution in [-0.4, -0.2) is 59.1 Å². The molecule has 0 radical (unpaired) electrons. The molecule has 176 valence electrons. The van der Waals surface area contributed by atoms with Gasteiger partial charge in [-0.25, -0.2) is 4.79 Å². The van der Waals surface area contributed by atoms with Crippen molar-refractivity contribution >= 4 is 29.4 Å². The van der Waals surface area contributed by atoms with E-state index in [-0.39, 0.29) is 18.9 Å². The number of nitrogens with zero attached hydrogens (tertiary/aromatic N) is 1. The highest BCUT2D eigenvalue weighted by Gasteiger charge is 2.42. The van der Waals surface area contributed by atoms with E-state index in [1.54, 1.807) is 65.8 Å². The summed E-state index contributed by atoms with van der Waals surface area (Å²) in [5, 5.41) is 15.2. The van der Waals surface area contributed by atoms with Crippen molar-refractivity contribution in [1.29, 1.82) is 0 Å². The van der Waals surface area contributed by atoms with Crippen molar-refractivity contribution in [1.82, 2.24) is 10.6 Å². The average Bonchev–Trinajstić information content (AvgIpc) is 3.08. The number of esters is 1. The van der Waals surface area contributed by atoms with E-state index in [4.69, 9.17) is 4.74 Å². The normalized spacial score (nSPS) is 17.5. The van der Waals surface area contributed by atoms with Gasteiger partial charge < -0.3 is 15.2 Å². The van der Waals surface area contributed by atoms with Crippen LogP contribution in [0.2, 0.25) is 0 Å². The lowest BCUT2D eigenvalue weighted by Crippen LogP contribution is -2.57. The highest BCUT2D eigenvalue weighted by atomic mass is 16.6. The fraction of sp³-hybridized carbons (Fsp3) is 0.565. The zero-order valence-corrected chi connectivity index (χ0v) is 19.5. The number of fused-ring (bicyclic) bond motifs is 1. The van der Waals surface area contributed by atoms with Crippen molar-refractivity contribution in [2.75, 3.05) is 11.4 Å². The van der Waals surface area contributed by atoms with Crippen LogP contribution in [0.25, 0.3) is 0 Å². The molecular formula is C23H33N3O6. The molecule has 0 fully saturated rings. The molecule has 1 aliphatic heterocycles. The lowest BCUT2D eigenvalue weighted by molar-refractivity contribution is -0.153. The van der Waals surface area contributed by atoms with Gasteiger partial charge in [0.05, 0.1) is 12.6 Å². The van der Waals surface area contributed by atoms with Crippen molar-refractivity contribution in [3.63, 3.8) is 0 Å². The summed E-state index contributed by atoms with van der Waals surface area (Å²) >= 11 is 0. The molecule has 1 aromatic rings. The van der Waals surface area contributed by atoms with E-state index in [1.807, 2.05) is 0 Å². The zero-order valence-electron chi connectivity index (χ0n) is 19.5. The van der Waals surface area contributed by atoms with Gasteiger partial charge in [0.1, 0.15) is 17.7 Å². The van der Waals surface area contributed by atoms with E-state index in [0.29, 0.717) is 5.69 Å². The first-order valence-electron chi connectivity index (χ1n) is 10.7. The van der Waals surface area contributed by atoms with Gasteiger partial charge >= 0.3 is 11.9 Å². The van der Waals surface area contributed by atoms with Crippen LogP contribution in [0.3, 0.4) is 0 Å². The molecule has 0 spiro atoms. The van der Waals surface area contributed by atoms with Gasteiger partial charge in [-0.1, -0.05) is 32.0 Å². The van der Waals surface area contributed by atoms with Crippen LogP contribution in [-0.2, 0) is 30.3 Å². The summed E-state index contributed by atoms with van der Waals surface area (Å²) in [7, 11) is 0. The molecule has 32 heavy (non-hydrogen) atoms. The van der Waals surface area contributed by atoms with Crippen LogP contribution >= 0.6 is 0 Å². The van der Waals surface area contributed by atoms with Gasteiger partial charge in [0.25, 0.3) is 5.91 Å². The largest absolute Gasteiger partial charge is 0.480 e. The highest BCUT2D eigenvalue weighted by molar-refractivity contribution is 6.05. The summed E-state index contributed by atoms with van der Waals surface area (Å²) in [5.41, 5.74) is 0.682. The first-order chi connectivity index (χ1) is 14.8. The average molecular weight is 448 g/mol. The SMILES string of the molecule is CC(C)[C@H](NC(=O)[C@H](C)NCC(=O)OC(C)(C)C)C(=O)N1c2ccccc2C[C@H]1C(=O)O. The van der Waals surface area contributed by atoms with Crippen LogP contribution in [0.1, 0.15) is 47.1 Å². The smallest absolute Gasteiger partial charge is 0.327 e. The molecule has 2 rings (SSSR count). The van der Waals surface area contributed by atoms with Crippen molar-refractivity contribution < 1.29 is 29.0 Å². The number of para-hydroxylation sites is 1. The maximum atomic E-state index is 13.4. The summed E-state index contributed by atoms with van der Waals surface area (Å²) in [6, 6.07) is 4.32. The third-order valence-corrected chi connectivity index (χ3v) is 5.09. The fourth-order valence-corrected chi connectivity index (χ4v) is 3.50. The Morgan fingerprint density at radius 2 is 1.78 bits per heavy atom. The van der Waals surface area contributed by atoms with E-state index in [1.165, 1.54) is 4.90 Å². The number of carbonyl (C=O) groups is 4. The Morgan fingerprint density at radius 3 is 2.34 bits per heavy atom. The molecule has 9 nitrogen and oxygen atoms in total. The number of amides is 2. The summed E-state index contributed by atoms with van der Waals surface area (Å²) in [5.74, 6) is -2.83. The molecule has 0 aliphatic carbocycles. The number of hydrogen-bond acceptors (Lipinski definition) is 6. The van der Waals surface area contributed by atoms with E-state index in [0.717, 1.165) is 5.56 Å². The second kappa shape index (κ2) is 10.1. The molecule has 2 amide bonds. The number of aliphatic carboxylic acids is 1. The Balaban J connectivity index is 2.11. The van der Waals surface area contributed by atoms with E-state index in [9.17, 15) is 24.3 Å². The van der Waals surface area contributed by atoms with E-state index < -0.39 is 47.5 Å². The number of rotatable bonds is 8. The Morgan fingerprint density at radius 1 is 1.16 bits per heavy atom. The standard InChI is InChI=1S/C23H33N3O6/c1-13(2)19(25-20(28)14(3)24-12-18(27)32-23(4,5)6)21(29)26-16-10-8-7-9-15(16)11-17(26)22(30)31/h7-10,13-14,17,19,24H,11-12H2,1-6H3,(H,25,28)(H,30,31)/t14-,17-,19-/m0/s1. The molecule has 1 heterocycles. The Kier molecular flexibility index (Phi) is 8.01. The van der Waals surface area contributed by atoms with Gasteiger partial charge in [0.15, 0.2) is 0 Å². The first-order valence-corrected chi connectivity index (χ1v) is 10.7. The Bertz CT molecular complexity index is 877. The molecule has 1 aromatic carbocycles. The van der Waals surface area contributed by atoms with Crippen molar-refractivity contribution in [3.05, 3.63) is 29.8 Å². The number of carboxylic acids is 1. The maximum Gasteiger partial charge on any atom is 0.327 e. The maximum absolute atomic E-state index is 13.4. The predicted molar refractivity (Wildman–Crippen MR) is 119 cm³/mol. The van der Waals surface area contributed by atoms with Gasteiger partial charge in [-0.05, 0) is 45.2 Å². The minimum Gasteiger partial charge on any atom is -0.480 e. The number of carboxylic acid groups (broad SMARTS) is 1. The molecule has 3 N–H and O–H groups in total. The minimum absolute atomic E-state index is 0.160. The second-order valence-corrected chi connectivity index (χ2v) is 9.31. The van der Waals surface area contributed by atoms with Gasteiger partial charge in [0.2, 0.25) is 5.91 Å². The van der Waals surface area contributed by atoms with Crippen molar-refractivity contribution in [3.8, 4) is 0 Å². The van der Waals surface area contributed by atoms with Gasteiger partial charge in [0, 0.05) is 12.1 Å². The van der Waals surface area contributed by atoms with Crippen molar-refractivity contribution in [2.24, 2.45) is 5.92 Å². The number of hydrogen-bond donors (Lipinski definition) is 3. The molecule has 0 saturated carbocycles. The minimum atomic E-state index is -1.10. The Hall–Kier alpha value is -2.94. The first kappa shape index (κ1) is 25.3. The lowest BCUT2D eigenvalue weighted by atomic mass is 10.0. The topological polar surface area (TPSA) is 125 Å². The monoisotopic (exact) mass is 447 g/mol. The summed E-state index contributed by atoms with van der Waals surface area (Å²) in [4.78, 5) is 51.1. The number of nitrogens with one attached hydrogen (secondary N) is 2. The molecule has 9 heteroatoms. The molecule has 1 aliphatic rings. The number of anilines is 1. The predicted octanol–water partition coefficient (Wildman–Crippen LogP) is 1.49. The molecule has 3 atom stereocenters. The summed E-state index contributed by atoms with van der Waals surface area (Å²) in [6.07, 6.45) is 0.212. The van der Waals surface area contributed by atoms with E-state index in [2.05, 4.69) is 10.6 Å². The van der Waals surface area contributed by atoms with Crippen LogP contribution in [0.5, 0.6) is 0 Å². The van der Waals surface area contributed by atoms with E-state index >= 15 is 0 Å². The van der Waals surface area contributed by atoms with Crippen LogP contribution < -0.4 is 15.5 Å². The molecule has 0 bridgehead atoms. The third-order valence-electron chi connectivity index (χ3n) is 5.09. The third kappa shape index (κ3) is 6.29. The Labute approximate surface area is 188 Å². The van der Waals surface area contributed by atoms with Gasteiger partial charge in [-0.15, -0.1) is 0 Å². The summed E-state index contributed by atoms with van der Waals surface area (Å²) in [6.45, 7) is 10.2. The van der Waals surface area contributed by atoms with Crippen LogP contribution in [0.4, 0.5) is 5.69 Å². The fourth-order valence-electron chi connectivity index (χ4n) is 3.50. The molecule has 0 unspecified atom stereocenters.